The van der Waals surface area contributed by atoms with Crippen LogP contribution in [-0.4, -0.2) is 22.9 Å². The van der Waals surface area contributed by atoms with E-state index in [2.05, 4.69) is 8.85 Å². The van der Waals surface area contributed by atoms with Crippen molar-refractivity contribution in [1.29, 1.82) is 0 Å². The van der Waals surface area contributed by atoms with Crippen molar-refractivity contribution in [2.45, 2.75) is 6.55 Å². The smallest absolute Gasteiger partial charge is 0.381 e. The molecule has 0 saturated carbocycles. The lowest BCUT2D eigenvalue weighted by atomic mass is 11.7. The van der Waals surface area contributed by atoms with Gasteiger partial charge in [-0.25, -0.2) is 0 Å². The van der Waals surface area contributed by atoms with Gasteiger partial charge in [0.25, 0.3) is 6.47 Å². The number of carbonyl (C=O) groups excluding carboxylic acids is 1. The lowest BCUT2D eigenvalue weighted by Crippen LogP contribution is -2.14. The molecule has 3 nitrogen and oxygen atoms in total. The number of rotatable bonds is 3. The first-order chi connectivity index (χ1) is 3.31. The molecule has 0 radical (unpaired) electrons. The van der Waals surface area contributed by atoms with Gasteiger partial charge in [-0.3, -0.25) is 4.79 Å². The van der Waals surface area contributed by atoms with Gasteiger partial charge in [0, 0.05) is 7.11 Å². The first kappa shape index (κ1) is 6.65. The van der Waals surface area contributed by atoms with E-state index in [0.717, 1.165) is 0 Å². The quantitative estimate of drug-likeness (QED) is 0.377. The SMILES string of the molecule is CO[SiH](C)OC=O. The van der Waals surface area contributed by atoms with Crippen molar-refractivity contribution in [2.24, 2.45) is 0 Å². The van der Waals surface area contributed by atoms with E-state index < -0.39 is 9.28 Å². The van der Waals surface area contributed by atoms with Crippen molar-refractivity contribution in [3.63, 3.8) is 0 Å². The van der Waals surface area contributed by atoms with E-state index in [0.29, 0.717) is 6.47 Å². The molecule has 0 rings (SSSR count). The normalized spacial score (nSPS) is 12.9. The number of hydrogen-bond acceptors (Lipinski definition) is 3. The Labute approximate surface area is 44.1 Å². The minimum atomic E-state index is -1.55. The maximum atomic E-state index is 9.51. The molecule has 0 aromatic carbocycles. The summed E-state index contributed by atoms with van der Waals surface area (Å²) in [5.74, 6) is 0. The van der Waals surface area contributed by atoms with Gasteiger partial charge in [-0.2, -0.15) is 0 Å². The van der Waals surface area contributed by atoms with Gasteiger partial charge in [-0.05, 0) is 6.55 Å². The molecular weight excluding hydrogens is 112 g/mol. The van der Waals surface area contributed by atoms with Gasteiger partial charge in [-0.1, -0.05) is 0 Å². The zero-order valence-corrected chi connectivity index (χ0v) is 5.53. The molecule has 0 spiro atoms. The second kappa shape index (κ2) is 3.82. The van der Waals surface area contributed by atoms with E-state index in [4.69, 9.17) is 0 Å². The van der Waals surface area contributed by atoms with Crippen LogP contribution in [0.5, 0.6) is 0 Å². The van der Waals surface area contributed by atoms with Crippen LogP contribution in [0.25, 0.3) is 0 Å². The van der Waals surface area contributed by atoms with Gasteiger partial charge in [0.1, 0.15) is 0 Å². The predicted molar refractivity (Wildman–Crippen MR) is 27.2 cm³/mol. The van der Waals surface area contributed by atoms with Gasteiger partial charge in [0.15, 0.2) is 0 Å². The van der Waals surface area contributed by atoms with E-state index in [9.17, 15) is 4.79 Å². The summed E-state index contributed by atoms with van der Waals surface area (Å²) in [6.45, 7) is 2.19. The average Bonchev–Trinajstić information content (AvgIpc) is 1.68. The lowest BCUT2D eigenvalue weighted by Gasteiger charge is -2.00. The van der Waals surface area contributed by atoms with Crippen LogP contribution >= 0.6 is 0 Å². The molecule has 0 aliphatic carbocycles. The first-order valence-electron chi connectivity index (χ1n) is 1.93. The Kier molecular flexibility index (Phi) is 3.63. The van der Waals surface area contributed by atoms with Crippen molar-refractivity contribution in [3.8, 4) is 0 Å². The summed E-state index contributed by atoms with van der Waals surface area (Å²) < 4.78 is 9.10. The molecular formula is C3H8O3Si. The standard InChI is InChI=1S/C3H8O3Si/c1-5-7(2)6-3-4/h3,7H,1-2H3. The highest BCUT2D eigenvalue weighted by Gasteiger charge is 1.98. The molecule has 0 bridgehead atoms. The summed E-state index contributed by atoms with van der Waals surface area (Å²) in [5.41, 5.74) is 0. The second-order valence-electron chi connectivity index (χ2n) is 1.04. The molecule has 42 valence electrons. The highest BCUT2D eigenvalue weighted by Crippen LogP contribution is 1.78. The van der Waals surface area contributed by atoms with Crippen LogP contribution in [0.1, 0.15) is 0 Å². The third-order valence-corrected chi connectivity index (χ3v) is 1.74. The largest absolute Gasteiger partial charge is 0.499 e. The van der Waals surface area contributed by atoms with Crippen LogP contribution in [0.15, 0.2) is 0 Å². The van der Waals surface area contributed by atoms with E-state index >= 15 is 0 Å². The lowest BCUT2D eigenvalue weighted by molar-refractivity contribution is -0.121. The van der Waals surface area contributed by atoms with E-state index in [-0.39, 0.29) is 0 Å². The van der Waals surface area contributed by atoms with Crippen LogP contribution in [-0.2, 0) is 13.6 Å². The Hall–Kier alpha value is -0.353. The molecule has 0 aromatic rings. The van der Waals surface area contributed by atoms with Crippen molar-refractivity contribution in [3.05, 3.63) is 0 Å². The highest BCUT2D eigenvalue weighted by molar-refractivity contribution is 6.44. The Morgan fingerprint density at radius 1 is 1.71 bits per heavy atom. The maximum Gasteiger partial charge on any atom is 0.381 e. The summed E-state index contributed by atoms with van der Waals surface area (Å²) >= 11 is 0. The van der Waals surface area contributed by atoms with E-state index in [1.165, 1.54) is 7.11 Å². The van der Waals surface area contributed by atoms with Crippen molar-refractivity contribution < 1.29 is 13.6 Å². The predicted octanol–water partition coefficient (Wildman–Crippen LogP) is -0.344. The van der Waals surface area contributed by atoms with Gasteiger partial charge in [-0.15, -0.1) is 0 Å². The zero-order valence-electron chi connectivity index (χ0n) is 4.38. The Bertz CT molecular complexity index is 56.1. The molecule has 4 heteroatoms. The van der Waals surface area contributed by atoms with Gasteiger partial charge in [0.05, 0.1) is 0 Å². The second-order valence-corrected chi connectivity index (χ2v) is 2.91. The third kappa shape index (κ3) is 3.48. The Morgan fingerprint density at radius 3 is 2.43 bits per heavy atom. The number of hydrogen-bond donors (Lipinski definition) is 0. The molecule has 0 aromatic heterocycles. The summed E-state index contributed by atoms with van der Waals surface area (Å²) in [5, 5.41) is 0. The van der Waals surface area contributed by atoms with Gasteiger partial charge >= 0.3 is 9.28 Å². The highest BCUT2D eigenvalue weighted by atomic mass is 28.3. The zero-order chi connectivity index (χ0) is 5.70. The Balaban J connectivity index is 2.98. The van der Waals surface area contributed by atoms with Gasteiger partial charge in [0.2, 0.25) is 0 Å². The first-order valence-corrected chi connectivity index (χ1v) is 4.03. The molecule has 0 heterocycles. The Morgan fingerprint density at radius 2 is 2.29 bits per heavy atom. The topological polar surface area (TPSA) is 35.5 Å². The fourth-order valence-corrected chi connectivity index (χ4v) is 0.401. The average molecular weight is 120 g/mol. The van der Waals surface area contributed by atoms with Crippen LogP contribution in [0, 0.1) is 0 Å². The monoisotopic (exact) mass is 120 g/mol. The third-order valence-electron chi connectivity index (χ3n) is 0.579. The van der Waals surface area contributed by atoms with Crippen molar-refractivity contribution in [1.82, 2.24) is 0 Å². The van der Waals surface area contributed by atoms with Crippen molar-refractivity contribution in [2.75, 3.05) is 7.11 Å². The van der Waals surface area contributed by atoms with Crippen LogP contribution < -0.4 is 0 Å². The molecule has 0 saturated heterocycles. The molecule has 0 fully saturated rings. The van der Waals surface area contributed by atoms with Crippen LogP contribution in [0.3, 0.4) is 0 Å². The van der Waals surface area contributed by atoms with E-state index in [1.807, 2.05) is 0 Å². The van der Waals surface area contributed by atoms with Gasteiger partial charge < -0.3 is 8.85 Å². The van der Waals surface area contributed by atoms with E-state index in [1.54, 1.807) is 6.55 Å². The summed E-state index contributed by atoms with van der Waals surface area (Å²) in [7, 11) is -0.0212. The summed E-state index contributed by atoms with van der Waals surface area (Å²) in [4.78, 5) is 9.51. The molecule has 0 aliphatic heterocycles. The maximum absolute atomic E-state index is 9.51. The molecule has 0 aliphatic rings. The molecule has 7 heavy (non-hydrogen) atoms. The minimum Gasteiger partial charge on any atom is -0.499 e. The molecule has 1 atom stereocenters. The molecule has 0 N–H and O–H groups in total. The summed E-state index contributed by atoms with van der Waals surface area (Å²) in [6, 6.07) is 0. The summed E-state index contributed by atoms with van der Waals surface area (Å²) in [6.07, 6.45) is 0. The fraction of sp³-hybridized carbons (Fsp3) is 0.667. The fourth-order valence-electron chi connectivity index (χ4n) is 0.134. The van der Waals surface area contributed by atoms with Crippen molar-refractivity contribution >= 4 is 15.8 Å². The number of carbonyl (C=O) groups is 1. The molecule has 1 unspecified atom stereocenters. The van der Waals surface area contributed by atoms with Crippen LogP contribution in [0.4, 0.5) is 0 Å². The minimum absolute atomic E-state index is 0.417. The molecule has 0 amide bonds. The van der Waals surface area contributed by atoms with Crippen LogP contribution in [0.2, 0.25) is 6.55 Å².